The predicted molar refractivity (Wildman–Crippen MR) is 268 cm³/mol. The van der Waals surface area contributed by atoms with E-state index in [0.29, 0.717) is 68.0 Å². The molecule has 12 rings (SSSR count). The number of amides is 1. The number of aromatic nitrogens is 2. The van der Waals surface area contributed by atoms with Gasteiger partial charge < -0.3 is 39.0 Å². The number of likely N-dealkylation sites (tertiary alicyclic amines) is 1. The van der Waals surface area contributed by atoms with Crippen molar-refractivity contribution < 1.29 is 37.1 Å². The van der Waals surface area contributed by atoms with Crippen molar-refractivity contribution in [1.82, 2.24) is 19.6 Å². The number of benzene rings is 3. The number of sulfonamides is 1. The number of hydrogen-bond donors (Lipinski definition) is 3. The lowest BCUT2D eigenvalue weighted by molar-refractivity contribution is -0.384. The molecule has 3 atom stereocenters. The highest BCUT2D eigenvalue weighted by atomic mass is 32.2. The number of nitro benzene ring substituents is 1. The molecule has 1 amide bonds. The fourth-order valence-corrected chi connectivity index (χ4v) is 14.2. The predicted octanol–water partition coefficient (Wildman–Crippen LogP) is 8.17. The largest absolute Gasteiger partial charge is 0.468 e. The van der Waals surface area contributed by atoms with E-state index in [1.54, 1.807) is 6.07 Å². The van der Waals surface area contributed by atoms with E-state index >= 15 is 0 Å². The van der Waals surface area contributed by atoms with Gasteiger partial charge >= 0.3 is 0 Å². The van der Waals surface area contributed by atoms with Crippen molar-refractivity contribution >= 4 is 55.4 Å². The van der Waals surface area contributed by atoms with Crippen LogP contribution in [0.5, 0.6) is 5.88 Å². The second-order valence-electron chi connectivity index (χ2n) is 21.1. The minimum absolute atomic E-state index is 0.111. The lowest BCUT2D eigenvalue weighted by atomic mass is 9.59. The summed E-state index contributed by atoms with van der Waals surface area (Å²) >= 11 is 0. The molecule has 1 saturated carbocycles. The summed E-state index contributed by atoms with van der Waals surface area (Å²) in [5.74, 6) is -0.230. The number of rotatable bonds is 11. The summed E-state index contributed by atoms with van der Waals surface area (Å²) in [6.07, 6.45) is 12.1. The van der Waals surface area contributed by atoms with Crippen molar-refractivity contribution in [2.45, 2.75) is 106 Å². The fraction of sp³-hybridized carbons (Fsp3) is 0.509. The Morgan fingerprint density at radius 3 is 2.46 bits per heavy atom. The molecule has 2 spiro atoms. The zero-order chi connectivity index (χ0) is 48.5. The fourth-order valence-electron chi connectivity index (χ4n) is 13.2. The van der Waals surface area contributed by atoms with Gasteiger partial charge in [-0.25, -0.2) is 13.1 Å². The molecular weight excluding hydrogens is 925 g/mol. The number of nitrogens with one attached hydrogen (secondary N) is 3. The number of nitrogens with zero attached hydrogens (tertiary/aromatic N) is 5. The molecule has 6 fully saturated rings. The summed E-state index contributed by atoms with van der Waals surface area (Å²) in [5.41, 5.74) is 5.88. The van der Waals surface area contributed by atoms with Crippen LogP contribution < -0.4 is 24.6 Å². The van der Waals surface area contributed by atoms with Crippen LogP contribution in [0.25, 0.3) is 11.0 Å². The van der Waals surface area contributed by atoms with Crippen molar-refractivity contribution in [2.24, 2.45) is 11.3 Å². The van der Waals surface area contributed by atoms with Crippen molar-refractivity contribution in [1.29, 1.82) is 0 Å². The number of nitro groups is 1. The number of carbonyl (C=O) groups is 1. The van der Waals surface area contributed by atoms with E-state index in [9.17, 15) is 23.3 Å². The van der Waals surface area contributed by atoms with Gasteiger partial charge in [-0.1, -0.05) is 24.3 Å². The van der Waals surface area contributed by atoms with Crippen molar-refractivity contribution in [3.63, 3.8) is 0 Å². The molecular formula is C53H62N8O9S. The highest BCUT2D eigenvalue weighted by molar-refractivity contribution is 7.90. The van der Waals surface area contributed by atoms with Crippen LogP contribution in [0.4, 0.5) is 28.4 Å². The van der Waals surface area contributed by atoms with Gasteiger partial charge in [-0.3, -0.25) is 19.8 Å². The first kappa shape index (κ1) is 46.3. The summed E-state index contributed by atoms with van der Waals surface area (Å²) in [6.45, 7) is 7.94. The number of anilines is 4. The number of aromatic amines is 1. The summed E-state index contributed by atoms with van der Waals surface area (Å²) in [6, 6.07) is 22.7. The summed E-state index contributed by atoms with van der Waals surface area (Å²) < 4.78 is 54.4. The third kappa shape index (κ3) is 8.48. The molecule has 17 nitrogen and oxygen atoms in total. The molecule has 0 unspecified atom stereocenters. The van der Waals surface area contributed by atoms with Crippen LogP contribution in [0.15, 0.2) is 83.9 Å². The molecule has 5 saturated heterocycles. The highest BCUT2D eigenvalue weighted by Gasteiger charge is 2.57. The second-order valence-corrected chi connectivity index (χ2v) is 22.8. The molecule has 71 heavy (non-hydrogen) atoms. The Hall–Kier alpha value is -5.79. The Bertz CT molecular complexity index is 2960. The molecule has 3 N–H and O–H groups in total. The van der Waals surface area contributed by atoms with Gasteiger partial charge in [0.15, 0.2) is 0 Å². The van der Waals surface area contributed by atoms with Crippen LogP contribution >= 0.6 is 0 Å². The van der Waals surface area contributed by atoms with Crippen LogP contribution in [0.1, 0.15) is 91.7 Å². The zero-order valence-corrected chi connectivity index (χ0v) is 41.0. The molecule has 0 bridgehead atoms. The molecule has 18 heteroatoms. The van der Waals surface area contributed by atoms with Crippen LogP contribution in [-0.2, 0) is 24.2 Å². The van der Waals surface area contributed by atoms with E-state index in [0.717, 1.165) is 82.0 Å². The first-order chi connectivity index (χ1) is 34.5. The first-order valence-electron chi connectivity index (χ1n) is 25.5. The van der Waals surface area contributed by atoms with Gasteiger partial charge in [0, 0.05) is 87.0 Å². The van der Waals surface area contributed by atoms with E-state index in [1.807, 2.05) is 35.4 Å². The van der Waals surface area contributed by atoms with E-state index in [1.165, 1.54) is 48.9 Å². The van der Waals surface area contributed by atoms with E-state index in [4.69, 9.17) is 23.9 Å². The van der Waals surface area contributed by atoms with Crippen LogP contribution in [-0.4, -0.2) is 117 Å². The van der Waals surface area contributed by atoms with Gasteiger partial charge in [-0.2, -0.15) is 4.98 Å². The maximum atomic E-state index is 14.7. The lowest BCUT2D eigenvalue weighted by Gasteiger charge is -2.59. The Balaban J connectivity index is 0.827. The van der Waals surface area contributed by atoms with Gasteiger partial charge in [0.25, 0.3) is 21.6 Å². The first-order valence-corrected chi connectivity index (χ1v) is 26.9. The minimum atomic E-state index is -4.60. The maximum absolute atomic E-state index is 14.7. The molecule has 8 heterocycles. The van der Waals surface area contributed by atoms with Gasteiger partial charge in [-0.05, 0) is 136 Å². The number of H-pyrrole nitrogens is 1. The molecule has 0 radical (unpaired) electrons. The topological polar surface area (TPSA) is 194 Å². The maximum Gasteiger partial charge on any atom is 0.293 e. The summed E-state index contributed by atoms with van der Waals surface area (Å²) in [5, 5.41) is 16.3. The monoisotopic (exact) mass is 986 g/mol. The number of ether oxygens (including phenoxy) is 4. The van der Waals surface area contributed by atoms with Gasteiger partial charge in [0.2, 0.25) is 5.88 Å². The molecule has 374 valence electrons. The number of hydrogen-bond acceptors (Lipinski definition) is 14. The van der Waals surface area contributed by atoms with E-state index in [2.05, 4.69) is 56.0 Å². The summed E-state index contributed by atoms with van der Waals surface area (Å²) in [7, 11) is -4.60. The molecule has 1 aliphatic carbocycles. The third-order valence-corrected chi connectivity index (χ3v) is 18.4. The summed E-state index contributed by atoms with van der Waals surface area (Å²) in [4.78, 5) is 41.3. The Morgan fingerprint density at radius 1 is 0.887 bits per heavy atom. The number of piperidine rings is 1. The average Bonchev–Trinajstić information content (AvgIpc) is 4.13. The van der Waals surface area contributed by atoms with Gasteiger partial charge in [0.05, 0.1) is 40.3 Å². The van der Waals surface area contributed by atoms with E-state index in [-0.39, 0.29) is 34.2 Å². The van der Waals surface area contributed by atoms with Crippen molar-refractivity contribution in [3.8, 4) is 5.88 Å². The number of carbonyl (C=O) groups excluding carboxylic acids is 1. The normalized spacial score (nSPS) is 24.4. The number of aryl methyl sites for hydroxylation is 1. The standard InChI is InChI=1S/C53H62N8O9S/c1-34-4-2-3-5-40(34)43-10-14-53(17-24-68-25-18-53)60(43)38-29-52(30-38)15-20-58(21-16-52)37-6-8-41(44(27-37)59-46-26-36-11-19-54-49(36)56-51(46)70-48-33-69-32-47(48)59)50(62)57-71(65,66)39-7-9-42(45(28-39)61(63)64)55-31-35-12-22-67-23-13-35/h2-9,11,19,26-28,35,38,43,47-48,55H,10,12-18,20-25,29-33H2,1H3,(H,54,56)(H,57,62)/t43-,47-,48-/m1/s1. The average molecular weight is 987 g/mol. The second kappa shape index (κ2) is 18.4. The smallest absolute Gasteiger partial charge is 0.293 e. The Labute approximate surface area is 413 Å². The van der Waals surface area contributed by atoms with Gasteiger partial charge in [-0.15, -0.1) is 0 Å². The van der Waals surface area contributed by atoms with Crippen molar-refractivity contribution in [2.75, 3.05) is 74.4 Å². The quantitative estimate of drug-likeness (QED) is 0.0848. The molecule has 6 aliphatic heterocycles. The minimum Gasteiger partial charge on any atom is -0.468 e. The molecule has 2 aromatic heterocycles. The highest BCUT2D eigenvalue weighted by Crippen LogP contribution is 2.59. The SMILES string of the molecule is Cc1ccccc1[C@H]1CCC2(CCOCC2)N1C1CC2(CCN(c3ccc(C(=O)NS(=O)(=O)c4ccc(NCC5CCOCC5)c([N+](=O)[O-])c4)c(N4c5cc6cc[nH]c6nc5O[C@@H]5COC[C@H]54)c3)CC2)C1. The van der Waals surface area contributed by atoms with Crippen LogP contribution in [0.3, 0.4) is 0 Å². The van der Waals surface area contributed by atoms with E-state index < -0.39 is 37.5 Å². The Morgan fingerprint density at radius 2 is 1.68 bits per heavy atom. The number of fused-ring (bicyclic) bond motifs is 3. The molecule has 5 aromatic rings. The Kier molecular flexibility index (Phi) is 12.0. The van der Waals surface area contributed by atoms with Crippen molar-refractivity contribution in [3.05, 3.63) is 106 Å². The van der Waals surface area contributed by atoms with Crippen LogP contribution in [0.2, 0.25) is 0 Å². The number of pyridine rings is 1. The lowest BCUT2D eigenvalue weighted by Crippen LogP contribution is -2.61. The third-order valence-electron chi connectivity index (χ3n) is 17.1. The molecule has 3 aromatic carbocycles. The van der Waals surface area contributed by atoms with Gasteiger partial charge in [0.1, 0.15) is 23.1 Å². The van der Waals surface area contributed by atoms with Crippen LogP contribution in [0, 0.1) is 28.4 Å². The molecule has 7 aliphatic rings. The zero-order valence-electron chi connectivity index (χ0n) is 40.1.